The molecule has 4 heteroatoms. The third-order valence-electron chi connectivity index (χ3n) is 4.82. The van der Waals surface area contributed by atoms with E-state index in [4.69, 9.17) is 17.5 Å². The van der Waals surface area contributed by atoms with Crippen LogP contribution < -0.4 is 0 Å². The molecular weight excluding hydrogens is 278 g/mol. The van der Waals surface area contributed by atoms with Gasteiger partial charge in [-0.1, -0.05) is 26.7 Å². The highest BCUT2D eigenvalue weighted by Gasteiger charge is 2.30. The minimum Gasteiger partial charge on any atom is -0.331 e. The minimum atomic E-state index is 0.453. The van der Waals surface area contributed by atoms with Gasteiger partial charge >= 0.3 is 0 Å². The van der Waals surface area contributed by atoms with E-state index in [2.05, 4.69) is 29.5 Å². The maximum atomic E-state index is 9.15. The van der Waals surface area contributed by atoms with Crippen molar-refractivity contribution in [3.05, 3.63) is 28.5 Å². The van der Waals surface area contributed by atoms with Gasteiger partial charge in [-0.15, -0.1) is 0 Å². The molecule has 2 atom stereocenters. The van der Waals surface area contributed by atoms with Crippen molar-refractivity contribution in [3.8, 4) is 6.07 Å². The van der Waals surface area contributed by atoms with E-state index in [9.17, 15) is 0 Å². The Kier molecular flexibility index (Phi) is 3.86. The van der Waals surface area contributed by atoms with Crippen LogP contribution in [0, 0.1) is 27.9 Å². The number of H-pyrrole nitrogens is 1. The van der Waals surface area contributed by atoms with Crippen LogP contribution in [-0.2, 0) is 0 Å². The van der Waals surface area contributed by atoms with Gasteiger partial charge < -0.3 is 9.55 Å². The van der Waals surface area contributed by atoms with Gasteiger partial charge in [-0.05, 0) is 55.1 Å². The van der Waals surface area contributed by atoms with Crippen LogP contribution in [0.4, 0.5) is 0 Å². The number of aromatic amines is 1. The number of hydrogen-bond acceptors (Lipinski definition) is 2. The van der Waals surface area contributed by atoms with Crippen molar-refractivity contribution in [2.24, 2.45) is 11.8 Å². The third kappa shape index (κ3) is 2.51. The molecule has 21 heavy (non-hydrogen) atoms. The molecule has 1 aromatic heterocycles. The average molecular weight is 299 g/mol. The molecule has 1 fully saturated rings. The minimum absolute atomic E-state index is 0.453. The topological polar surface area (TPSA) is 44.5 Å². The summed E-state index contributed by atoms with van der Waals surface area (Å²) in [6.45, 7) is 4.62. The second-order valence-corrected chi connectivity index (χ2v) is 6.79. The number of rotatable bonds is 2. The quantitative estimate of drug-likeness (QED) is 0.797. The molecule has 3 nitrogen and oxygen atoms in total. The van der Waals surface area contributed by atoms with Gasteiger partial charge in [0.05, 0.1) is 22.7 Å². The summed E-state index contributed by atoms with van der Waals surface area (Å²) in [5.41, 5.74) is 2.81. The Morgan fingerprint density at radius 1 is 1.33 bits per heavy atom. The Balaban J connectivity index is 2.16. The zero-order valence-corrected chi connectivity index (χ0v) is 13.4. The van der Waals surface area contributed by atoms with Crippen LogP contribution >= 0.6 is 12.2 Å². The van der Waals surface area contributed by atoms with Crippen molar-refractivity contribution in [1.29, 1.82) is 5.26 Å². The summed E-state index contributed by atoms with van der Waals surface area (Å²) in [5, 5.41) is 9.15. The number of benzene rings is 1. The molecule has 0 spiro atoms. The maximum absolute atomic E-state index is 9.15. The molecule has 0 amide bonds. The normalized spacial score (nSPS) is 22.6. The molecule has 2 aromatic rings. The molecule has 0 radical (unpaired) electrons. The molecule has 3 rings (SSSR count). The fourth-order valence-electron chi connectivity index (χ4n) is 3.76. The van der Waals surface area contributed by atoms with E-state index in [0.29, 0.717) is 23.4 Å². The van der Waals surface area contributed by atoms with Crippen LogP contribution in [0.25, 0.3) is 11.0 Å². The van der Waals surface area contributed by atoms with Crippen LogP contribution in [0.15, 0.2) is 18.2 Å². The number of imidazole rings is 1. The first-order chi connectivity index (χ1) is 10.1. The molecule has 1 aliphatic rings. The van der Waals surface area contributed by atoms with E-state index in [1.807, 2.05) is 18.2 Å². The van der Waals surface area contributed by atoms with Gasteiger partial charge in [-0.25, -0.2) is 0 Å². The molecule has 1 heterocycles. The summed E-state index contributed by atoms with van der Waals surface area (Å²) in [5.74, 6) is 1.32. The van der Waals surface area contributed by atoms with Gasteiger partial charge in [0.15, 0.2) is 4.77 Å². The highest BCUT2D eigenvalue weighted by atomic mass is 32.1. The highest BCUT2D eigenvalue weighted by molar-refractivity contribution is 7.71. The summed E-state index contributed by atoms with van der Waals surface area (Å²) >= 11 is 5.58. The summed E-state index contributed by atoms with van der Waals surface area (Å²) in [4.78, 5) is 3.30. The molecule has 1 saturated carbocycles. The molecule has 1 N–H and O–H groups in total. The van der Waals surface area contributed by atoms with Crippen molar-refractivity contribution in [1.82, 2.24) is 9.55 Å². The molecule has 0 saturated heterocycles. The molecule has 110 valence electrons. The maximum Gasteiger partial charge on any atom is 0.178 e. The lowest BCUT2D eigenvalue weighted by Crippen LogP contribution is -2.27. The van der Waals surface area contributed by atoms with Gasteiger partial charge in [-0.3, -0.25) is 0 Å². The number of hydrogen-bond donors (Lipinski definition) is 1. The molecule has 0 bridgehead atoms. The number of aromatic nitrogens is 2. The van der Waals surface area contributed by atoms with Crippen LogP contribution in [0.2, 0.25) is 0 Å². The zero-order valence-electron chi connectivity index (χ0n) is 12.6. The van der Waals surface area contributed by atoms with Gasteiger partial charge in [0, 0.05) is 6.04 Å². The van der Waals surface area contributed by atoms with E-state index in [-0.39, 0.29) is 0 Å². The first-order valence-electron chi connectivity index (χ1n) is 7.76. The van der Waals surface area contributed by atoms with Crippen LogP contribution in [0.5, 0.6) is 0 Å². The Hall–Kier alpha value is -1.60. The first kappa shape index (κ1) is 14.3. The van der Waals surface area contributed by atoms with Gasteiger partial charge in [0.2, 0.25) is 0 Å². The lowest BCUT2D eigenvalue weighted by atomic mass is 9.77. The summed E-state index contributed by atoms with van der Waals surface area (Å²) < 4.78 is 3.06. The van der Waals surface area contributed by atoms with Crippen molar-refractivity contribution in [2.45, 2.75) is 45.6 Å². The van der Waals surface area contributed by atoms with E-state index < -0.39 is 0 Å². The Bertz CT molecular complexity index is 747. The smallest absolute Gasteiger partial charge is 0.178 e. The van der Waals surface area contributed by atoms with E-state index >= 15 is 0 Å². The predicted molar refractivity (Wildman–Crippen MR) is 87.7 cm³/mol. The van der Waals surface area contributed by atoms with Gasteiger partial charge in [0.1, 0.15) is 0 Å². The van der Waals surface area contributed by atoms with Crippen LogP contribution in [-0.4, -0.2) is 9.55 Å². The van der Waals surface area contributed by atoms with Crippen molar-refractivity contribution >= 4 is 23.3 Å². The predicted octanol–water partition coefficient (Wildman–Crippen LogP) is 4.96. The summed E-state index contributed by atoms with van der Waals surface area (Å²) in [6.07, 6.45) is 5.04. The lowest BCUT2D eigenvalue weighted by molar-refractivity contribution is 0.186. The largest absolute Gasteiger partial charge is 0.331 e. The number of nitrogens with zero attached hydrogens (tertiary/aromatic N) is 2. The molecule has 1 aliphatic carbocycles. The number of nitriles is 1. The van der Waals surface area contributed by atoms with Gasteiger partial charge in [-0.2, -0.15) is 5.26 Å². The monoisotopic (exact) mass is 299 g/mol. The average Bonchev–Trinajstić information content (AvgIpc) is 2.81. The number of fused-ring (bicyclic) bond motifs is 1. The van der Waals surface area contributed by atoms with Crippen molar-refractivity contribution in [2.75, 3.05) is 0 Å². The first-order valence-corrected chi connectivity index (χ1v) is 8.17. The molecule has 0 aliphatic heterocycles. The molecule has 1 aromatic carbocycles. The lowest BCUT2D eigenvalue weighted by Gasteiger charge is -2.35. The van der Waals surface area contributed by atoms with E-state index in [1.54, 1.807) is 0 Å². The fourth-order valence-corrected chi connectivity index (χ4v) is 4.10. The van der Waals surface area contributed by atoms with E-state index in [1.165, 1.54) is 25.7 Å². The van der Waals surface area contributed by atoms with Crippen LogP contribution in [0.1, 0.15) is 51.1 Å². The second-order valence-electron chi connectivity index (χ2n) is 6.40. The fraction of sp³-hybridized carbons (Fsp3) is 0.529. The van der Waals surface area contributed by atoms with Crippen molar-refractivity contribution < 1.29 is 0 Å². The standard InChI is InChI=1S/C17H21N3S/c1-11(2)13-5-3-4-6-15(13)20-16-9-12(10-18)7-8-14(16)19-17(20)21/h7-9,11,13,15H,3-6H2,1-2H3,(H,19,21). The molecule has 2 unspecified atom stereocenters. The number of nitrogens with one attached hydrogen (secondary N) is 1. The van der Waals surface area contributed by atoms with Crippen molar-refractivity contribution in [3.63, 3.8) is 0 Å². The SMILES string of the molecule is CC(C)C1CCCCC1n1c(=S)[nH]c2ccc(C#N)cc21. The second kappa shape index (κ2) is 5.65. The Labute approximate surface area is 130 Å². The third-order valence-corrected chi connectivity index (χ3v) is 5.12. The summed E-state index contributed by atoms with van der Waals surface area (Å²) in [7, 11) is 0. The Morgan fingerprint density at radius 3 is 2.81 bits per heavy atom. The molecular formula is C17H21N3S. The zero-order chi connectivity index (χ0) is 15.0. The summed E-state index contributed by atoms with van der Waals surface area (Å²) in [6, 6.07) is 8.46. The highest BCUT2D eigenvalue weighted by Crippen LogP contribution is 2.40. The van der Waals surface area contributed by atoms with Gasteiger partial charge in [0.25, 0.3) is 0 Å². The Morgan fingerprint density at radius 2 is 2.10 bits per heavy atom. The van der Waals surface area contributed by atoms with E-state index in [0.717, 1.165) is 15.8 Å². The van der Waals surface area contributed by atoms with Crippen LogP contribution in [0.3, 0.4) is 0 Å².